The SMILES string of the molecule is O=C(CN1C(=O)SC(=Cc2ccc(Cl)cc2)C1=O)c1ccccc1. The molecule has 1 aliphatic heterocycles. The Kier molecular flexibility index (Phi) is 4.83. The Bertz CT molecular complexity index is 831. The zero-order chi connectivity index (χ0) is 17.1. The van der Waals surface area contributed by atoms with Gasteiger partial charge in [-0.3, -0.25) is 19.3 Å². The van der Waals surface area contributed by atoms with Gasteiger partial charge in [0.05, 0.1) is 11.4 Å². The predicted octanol–water partition coefficient (Wildman–Crippen LogP) is 4.26. The summed E-state index contributed by atoms with van der Waals surface area (Å²) in [4.78, 5) is 37.9. The highest BCUT2D eigenvalue weighted by molar-refractivity contribution is 8.18. The Hall–Kier alpha value is -2.37. The number of ketones is 1. The van der Waals surface area contributed by atoms with Gasteiger partial charge in [0.1, 0.15) is 0 Å². The van der Waals surface area contributed by atoms with Crippen LogP contribution in [0.2, 0.25) is 5.02 Å². The van der Waals surface area contributed by atoms with Crippen LogP contribution in [0, 0.1) is 0 Å². The Labute approximate surface area is 148 Å². The molecule has 1 aliphatic rings. The number of carbonyl (C=O) groups is 3. The first-order valence-electron chi connectivity index (χ1n) is 7.14. The van der Waals surface area contributed by atoms with Gasteiger partial charge in [0.15, 0.2) is 5.78 Å². The minimum atomic E-state index is -0.454. The fourth-order valence-corrected chi connectivity index (χ4v) is 3.17. The van der Waals surface area contributed by atoms with E-state index in [0.29, 0.717) is 15.5 Å². The molecular weight excluding hydrogens is 346 g/mol. The van der Waals surface area contributed by atoms with E-state index in [1.165, 1.54) is 0 Å². The lowest BCUT2D eigenvalue weighted by molar-refractivity contribution is -0.122. The van der Waals surface area contributed by atoms with E-state index in [9.17, 15) is 14.4 Å². The van der Waals surface area contributed by atoms with Crippen molar-refractivity contribution in [3.63, 3.8) is 0 Å². The van der Waals surface area contributed by atoms with Gasteiger partial charge in [-0.15, -0.1) is 0 Å². The van der Waals surface area contributed by atoms with Crippen LogP contribution in [0.1, 0.15) is 15.9 Å². The molecule has 0 saturated carbocycles. The normalized spacial score (nSPS) is 16.0. The van der Waals surface area contributed by atoms with Crippen LogP contribution in [-0.4, -0.2) is 28.4 Å². The average molecular weight is 358 g/mol. The first-order valence-corrected chi connectivity index (χ1v) is 8.33. The average Bonchev–Trinajstić information content (AvgIpc) is 2.85. The molecule has 24 heavy (non-hydrogen) atoms. The number of rotatable bonds is 4. The van der Waals surface area contributed by atoms with Gasteiger partial charge in [0.2, 0.25) is 0 Å². The summed E-state index contributed by atoms with van der Waals surface area (Å²) >= 11 is 6.66. The third-order valence-electron chi connectivity index (χ3n) is 3.44. The summed E-state index contributed by atoms with van der Waals surface area (Å²) in [7, 11) is 0. The Balaban J connectivity index is 1.77. The number of Topliss-reactive ketones (excluding diaryl/α,β-unsaturated/α-hetero) is 1. The molecule has 0 spiro atoms. The Morgan fingerprint density at radius 3 is 2.38 bits per heavy atom. The Morgan fingerprint density at radius 1 is 1.04 bits per heavy atom. The maximum Gasteiger partial charge on any atom is 0.293 e. The van der Waals surface area contributed by atoms with Gasteiger partial charge in [-0.2, -0.15) is 0 Å². The van der Waals surface area contributed by atoms with Gasteiger partial charge in [-0.25, -0.2) is 0 Å². The van der Waals surface area contributed by atoms with Gasteiger partial charge < -0.3 is 0 Å². The summed E-state index contributed by atoms with van der Waals surface area (Å²) in [5.41, 5.74) is 1.23. The summed E-state index contributed by atoms with van der Waals surface area (Å²) < 4.78 is 0. The molecule has 0 atom stereocenters. The molecule has 4 nitrogen and oxygen atoms in total. The quantitative estimate of drug-likeness (QED) is 0.606. The van der Waals surface area contributed by atoms with Gasteiger partial charge in [0.25, 0.3) is 11.1 Å². The number of halogens is 1. The monoisotopic (exact) mass is 357 g/mol. The fourth-order valence-electron chi connectivity index (χ4n) is 2.21. The van der Waals surface area contributed by atoms with Crippen molar-refractivity contribution in [1.82, 2.24) is 4.90 Å². The first kappa shape index (κ1) is 16.5. The van der Waals surface area contributed by atoms with Crippen molar-refractivity contribution >= 4 is 46.4 Å². The van der Waals surface area contributed by atoms with Gasteiger partial charge in [-0.05, 0) is 35.5 Å². The molecule has 0 aliphatic carbocycles. The zero-order valence-corrected chi connectivity index (χ0v) is 14.0. The van der Waals surface area contributed by atoms with Crippen LogP contribution in [0.4, 0.5) is 4.79 Å². The van der Waals surface area contributed by atoms with Crippen LogP contribution >= 0.6 is 23.4 Å². The van der Waals surface area contributed by atoms with Crippen LogP contribution in [0.5, 0.6) is 0 Å². The van der Waals surface area contributed by atoms with Crippen LogP contribution in [0.25, 0.3) is 6.08 Å². The highest BCUT2D eigenvalue weighted by atomic mass is 35.5. The van der Waals surface area contributed by atoms with Crippen molar-refractivity contribution in [2.75, 3.05) is 6.54 Å². The maximum absolute atomic E-state index is 12.4. The second-order valence-corrected chi connectivity index (χ2v) is 6.54. The van der Waals surface area contributed by atoms with E-state index in [4.69, 9.17) is 11.6 Å². The lowest BCUT2D eigenvalue weighted by Crippen LogP contribution is -2.33. The van der Waals surface area contributed by atoms with Gasteiger partial charge >= 0.3 is 0 Å². The molecule has 1 fully saturated rings. The van der Waals surface area contributed by atoms with Crippen molar-refractivity contribution in [3.05, 3.63) is 75.7 Å². The second kappa shape index (κ2) is 7.03. The lowest BCUT2D eigenvalue weighted by Gasteiger charge is -2.11. The number of hydrogen-bond acceptors (Lipinski definition) is 4. The van der Waals surface area contributed by atoms with Crippen LogP contribution in [0.15, 0.2) is 59.5 Å². The molecule has 0 unspecified atom stereocenters. The molecule has 0 bridgehead atoms. The topological polar surface area (TPSA) is 54.5 Å². The molecule has 1 heterocycles. The highest BCUT2D eigenvalue weighted by Crippen LogP contribution is 2.32. The van der Waals surface area contributed by atoms with Crippen molar-refractivity contribution in [3.8, 4) is 0 Å². The summed E-state index contributed by atoms with van der Waals surface area (Å²) in [5.74, 6) is -0.727. The third kappa shape index (κ3) is 3.58. The number of hydrogen-bond donors (Lipinski definition) is 0. The molecular formula is C18H12ClNO3S. The van der Waals surface area contributed by atoms with Crippen molar-refractivity contribution in [2.45, 2.75) is 0 Å². The Morgan fingerprint density at radius 2 is 1.71 bits per heavy atom. The number of nitrogens with zero attached hydrogens (tertiary/aromatic N) is 1. The number of carbonyl (C=O) groups excluding carboxylic acids is 3. The largest absolute Gasteiger partial charge is 0.293 e. The minimum absolute atomic E-state index is 0.257. The molecule has 1 saturated heterocycles. The van der Waals surface area contributed by atoms with Crippen molar-refractivity contribution in [2.24, 2.45) is 0 Å². The summed E-state index contributed by atoms with van der Waals surface area (Å²) in [6.07, 6.45) is 1.62. The molecule has 6 heteroatoms. The number of thioether (sulfide) groups is 1. The molecule has 120 valence electrons. The van der Waals surface area contributed by atoms with E-state index in [1.54, 1.807) is 60.7 Å². The molecule has 2 aromatic rings. The summed E-state index contributed by atoms with van der Waals surface area (Å²) in [6.45, 7) is -0.257. The lowest BCUT2D eigenvalue weighted by atomic mass is 10.1. The predicted molar refractivity (Wildman–Crippen MR) is 94.9 cm³/mol. The van der Waals surface area contributed by atoms with Crippen LogP contribution in [0.3, 0.4) is 0 Å². The highest BCUT2D eigenvalue weighted by Gasteiger charge is 2.36. The fraction of sp³-hybridized carbons (Fsp3) is 0.0556. The number of benzene rings is 2. The summed E-state index contributed by atoms with van der Waals surface area (Å²) in [6, 6.07) is 15.5. The van der Waals surface area contributed by atoms with Crippen LogP contribution in [-0.2, 0) is 4.79 Å². The van der Waals surface area contributed by atoms with Gasteiger partial charge in [0, 0.05) is 10.6 Å². The maximum atomic E-state index is 12.4. The molecule has 0 aromatic heterocycles. The molecule has 0 radical (unpaired) electrons. The first-order chi connectivity index (χ1) is 11.5. The number of amides is 2. The third-order valence-corrected chi connectivity index (χ3v) is 4.60. The smallest absolute Gasteiger partial charge is 0.292 e. The van der Waals surface area contributed by atoms with Crippen molar-refractivity contribution < 1.29 is 14.4 Å². The molecule has 2 aromatic carbocycles. The van der Waals surface area contributed by atoms with Crippen LogP contribution < -0.4 is 0 Å². The molecule has 0 N–H and O–H groups in total. The second-order valence-electron chi connectivity index (χ2n) is 5.11. The number of imide groups is 1. The minimum Gasteiger partial charge on any atom is -0.292 e. The zero-order valence-electron chi connectivity index (χ0n) is 12.4. The van der Waals surface area contributed by atoms with Crippen molar-refractivity contribution in [1.29, 1.82) is 0 Å². The standard InChI is InChI=1S/C18H12ClNO3S/c19-14-8-6-12(7-9-14)10-16-17(22)20(18(23)24-16)11-15(21)13-4-2-1-3-5-13/h1-10H,11H2. The van der Waals surface area contributed by atoms with E-state index in [1.807, 2.05) is 0 Å². The van der Waals surface area contributed by atoms with E-state index in [2.05, 4.69) is 0 Å². The van der Waals surface area contributed by atoms with E-state index >= 15 is 0 Å². The van der Waals surface area contributed by atoms with E-state index < -0.39 is 11.1 Å². The van der Waals surface area contributed by atoms with E-state index in [0.717, 1.165) is 22.2 Å². The molecule has 3 rings (SSSR count). The van der Waals surface area contributed by atoms with E-state index in [-0.39, 0.29) is 12.3 Å². The summed E-state index contributed by atoms with van der Waals surface area (Å²) in [5, 5.41) is 0.151. The molecule has 2 amide bonds. The van der Waals surface area contributed by atoms with Gasteiger partial charge in [-0.1, -0.05) is 54.1 Å².